The van der Waals surface area contributed by atoms with E-state index in [0.717, 1.165) is 11.3 Å². The SMILES string of the molecule is COC(=O)[C@@H]1OC(=O)C2=NN(c3ccc(Cl)cc3)[C@@H](c3ccccc3)[C@@H]21. The quantitative estimate of drug-likeness (QED) is 0.777. The van der Waals surface area contributed by atoms with Gasteiger partial charge in [-0.3, -0.25) is 5.01 Å². The molecule has 2 aromatic carbocycles. The van der Waals surface area contributed by atoms with Crippen LogP contribution in [0.1, 0.15) is 11.6 Å². The molecule has 0 amide bonds. The average Bonchev–Trinajstić information content (AvgIpc) is 3.20. The molecule has 0 bridgehead atoms. The first-order valence-corrected chi connectivity index (χ1v) is 8.45. The second kappa shape index (κ2) is 6.46. The Morgan fingerprint density at radius 3 is 2.50 bits per heavy atom. The standard InChI is InChI=1S/C19H15ClN2O4/c1-25-19(24)17-14-15(18(23)26-17)21-22(13-9-7-12(20)8-10-13)16(14)11-5-3-2-4-6-11/h2-10,14,16-17H,1H3/t14-,16+,17-/m1/s1. The molecule has 4 rings (SSSR count). The van der Waals surface area contributed by atoms with Crippen LogP contribution >= 0.6 is 11.6 Å². The average molecular weight is 371 g/mol. The zero-order valence-corrected chi connectivity index (χ0v) is 14.6. The first kappa shape index (κ1) is 16.6. The van der Waals surface area contributed by atoms with E-state index in [1.165, 1.54) is 7.11 Å². The largest absolute Gasteiger partial charge is 0.466 e. The van der Waals surface area contributed by atoms with Crippen LogP contribution in [-0.2, 0) is 19.1 Å². The van der Waals surface area contributed by atoms with Crippen LogP contribution in [0.25, 0.3) is 0 Å². The number of cyclic esters (lactones) is 1. The minimum Gasteiger partial charge on any atom is -0.466 e. The van der Waals surface area contributed by atoms with Crippen LogP contribution in [0.15, 0.2) is 59.7 Å². The number of ether oxygens (including phenoxy) is 2. The molecule has 7 heteroatoms. The van der Waals surface area contributed by atoms with Crippen LogP contribution in [0.4, 0.5) is 5.69 Å². The molecule has 0 N–H and O–H groups in total. The summed E-state index contributed by atoms with van der Waals surface area (Å²) in [6, 6.07) is 16.3. The van der Waals surface area contributed by atoms with E-state index in [2.05, 4.69) is 5.10 Å². The molecule has 132 valence electrons. The van der Waals surface area contributed by atoms with Crippen molar-refractivity contribution < 1.29 is 19.1 Å². The van der Waals surface area contributed by atoms with Crippen molar-refractivity contribution in [1.29, 1.82) is 0 Å². The van der Waals surface area contributed by atoms with E-state index in [1.54, 1.807) is 17.1 Å². The highest BCUT2D eigenvalue weighted by atomic mass is 35.5. The van der Waals surface area contributed by atoms with E-state index >= 15 is 0 Å². The minimum absolute atomic E-state index is 0.226. The fourth-order valence-corrected chi connectivity index (χ4v) is 3.53. The van der Waals surface area contributed by atoms with Crippen molar-refractivity contribution in [2.24, 2.45) is 11.0 Å². The third kappa shape index (κ3) is 2.63. The Balaban J connectivity index is 1.82. The number of carbonyl (C=O) groups excluding carboxylic acids is 2. The van der Waals surface area contributed by atoms with Crippen molar-refractivity contribution in [2.75, 3.05) is 12.1 Å². The maximum Gasteiger partial charge on any atom is 0.355 e. The Hall–Kier alpha value is -2.86. The highest BCUT2D eigenvalue weighted by molar-refractivity contribution is 6.41. The van der Waals surface area contributed by atoms with Gasteiger partial charge in [0.25, 0.3) is 0 Å². The van der Waals surface area contributed by atoms with Gasteiger partial charge in [-0.15, -0.1) is 0 Å². The lowest BCUT2D eigenvalue weighted by molar-refractivity contribution is -0.160. The van der Waals surface area contributed by atoms with Gasteiger partial charge < -0.3 is 9.47 Å². The predicted octanol–water partition coefficient (Wildman–Crippen LogP) is 2.97. The number of halogens is 1. The number of anilines is 1. The number of carbonyl (C=O) groups is 2. The summed E-state index contributed by atoms with van der Waals surface area (Å²) in [6.45, 7) is 0. The van der Waals surface area contributed by atoms with E-state index < -0.39 is 24.0 Å². The Labute approximate surface area is 155 Å². The first-order valence-electron chi connectivity index (χ1n) is 8.07. The molecule has 0 aromatic heterocycles. The number of nitrogens with zero attached hydrogens (tertiary/aromatic N) is 2. The number of fused-ring (bicyclic) bond motifs is 1. The van der Waals surface area contributed by atoms with Gasteiger partial charge in [0.05, 0.1) is 24.8 Å². The summed E-state index contributed by atoms with van der Waals surface area (Å²) < 4.78 is 10.1. The molecule has 2 aliphatic heterocycles. The molecule has 2 aliphatic rings. The fourth-order valence-electron chi connectivity index (χ4n) is 3.40. The van der Waals surface area contributed by atoms with Gasteiger partial charge in [0, 0.05) is 5.02 Å². The van der Waals surface area contributed by atoms with Crippen molar-refractivity contribution in [3.05, 3.63) is 65.2 Å². The van der Waals surface area contributed by atoms with Crippen LogP contribution in [0.5, 0.6) is 0 Å². The van der Waals surface area contributed by atoms with E-state index in [4.69, 9.17) is 21.1 Å². The molecule has 26 heavy (non-hydrogen) atoms. The van der Waals surface area contributed by atoms with Crippen molar-refractivity contribution in [3.63, 3.8) is 0 Å². The molecule has 1 saturated heterocycles. The second-order valence-electron chi connectivity index (χ2n) is 6.04. The van der Waals surface area contributed by atoms with Crippen LogP contribution in [-0.4, -0.2) is 30.9 Å². The Morgan fingerprint density at radius 2 is 1.85 bits per heavy atom. The monoisotopic (exact) mass is 370 g/mol. The third-order valence-electron chi connectivity index (χ3n) is 4.57. The molecule has 3 atom stereocenters. The molecule has 6 nitrogen and oxygen atoms in total. The van der Waals surface area contributed by atoms with Gasteiger partial charge in [-0.25, -0.2) is 9.59 Å². The first-order chi connectivity index (χ1) is 12.6. The molecule has 0 saturated carbocycles. The van der Waals surface area contributed by atoms with Crippen molar-refractivity contribution in [2.45, 2.75) is 12.1 Å². The van der Waals surface area contributed by atoms with Gasteiger partial charge in [-0.05, 0) is 29.8 Å². The zero-order chi connectivity index (χ0) is 18.3. The highest BCUT2D eigenvalue weighted by Gasteiger charge is 2.56. The maximum absolute atomic E-state index is 12.3. The van der Waals surface area contributed by atoms with Gasteiger partial charge in [0.2, 0.25) is 6.10 Å². The molecule has 0 unspecified atom stereocenters. The number of hydrogen-bond acceptors (Lipinski definition) is 6. The van der Waals surface area contributed by atoms with Crippen molar-refractivity contribution >= 4 is 34.9 Å². The van der Waals surface area contributed by atoms with Crippen LogP contribution in [0.2, 0.25) is 5.02 Å². The Kier molecular flexibility index (Phi) is 4.12. The van der Waals surface area contributed by atoms with Crippen LogP contribution in [0.3, 0.4) is 0 Å². The summed E-state index contributed by atoms with van der Waals surface area (Å²) in [7, 11) is 1.27. The number of hydrazone groups is 1. The molecular formula is C19H15ClN2O4. The number of esters is 2. The number of benzene rings is 2. The lowest BCUT2D eigenvalue weighted by atomic mass is 9.87. The summed E-state index contributed by atoms with van der Waals surface area (Å²) in [4.78, 5) is 24.5. The van der Waals surface area contributed by atoms with Gasteiger partial charge in [-0.2, -0.15) is 5.10 Å². The Morgan fingerprint density at radius 1 is 1.15 bits per heavy atom. The molecule has 1 fully saturated rings. The number of methoxy groups -OCH3 is 1. The second-order valence-corrected chi connectivity index (χ2v) is 6.47. The highest BCUT2D eigenvalue weighted by Crippen LogP contribution is 2.44. The van der Waals surface area contributed by atoms with Crippen molar-refractivity contribution in [1.82, 2.24) is 0 Å². The van der Waals surface area contributed by atoms with Gasteiger partial charge >= 0.3 is 11.9 Å². The lowest BCUT2D eigenvalue weighted by Gasteiger charge is -2.29. The van der Waals surface area contributed by atoms with Gasteiger partial charge in [0.15, 0.2) is 5.71 Å². The predicted molar refractivity (Wildman–Crippen MR) is 95.9 cm³/mol. The molecular weight excluding hydrogens is 356 g/mol. The fraction of sp³-hybridized carbons (Fsp3) is 0.211. The van der Waals surface area contributed by atoms with E-state index in [-0.39, 0.29) is 11.8 Å². The maximum atomic E-state index is 12.3. The molecule has 0 spiro atoms. The van der Waals surface area contributed by atoms with Gasteiger partial charge in [-0.1, -0.05) is 41.9 Å². The number of rotatable bonds is 3. The normalized spacial score (nSPS) is 24.1. The molecule has 0 aliphatic carbocycles. The smallest absolute Gasteiger partial charge is 0.355 e. The lowest BCUT2D eigenvalue weighted by Crippen LogP contribution is -2.36. The van der Waals surface area contributed by atoms with E-state index in [1.807, 2.05) is 42.5 Å². The molecule has 2 aromatic rings. The van der Waals surface area contributed by atoms with E-state index in [9.17, 15) is 9.59 Å². The number of hydrogen-bond donors (Lipinski definition) is 0. The third-order valence-corrected chi connectivity index (χ3v) is 4.82. The minimum atomic E-state index is -1.02. The summed E-state index contributed by atoms with van der Waals surface area (Å²) >= 11 is 5.98. The topological polar surface area (TPSA) is 68.2 Å². The summed E-state index contributed by atoms with van der Waals surface area (Å²) in [5.41, 5.74) is 1.91. The zero-order valence-electron chi connectivity index (χ0n) is 13.8. The van der Waals surface area contributed by atoms with E-state index in [0.29, 0.717) is 5.02 Å². The van der Waals surface area contributed by atoms with Crippen LogP contribution in [0, 0.1) is 5.92 Å². The molecule has 2 heterocycles. The molecule has 0 radical (unpaired) electrons. The Bertz CT molecular complexity index is 882. The van der Waals surface area contributed by atoms with Crippen LogP contribution < -0.4 is 5.01 Å². The van der Waals surface area contributed by atoms with Gasteiger partial charge in [0.1, 0.15) is 0 Å². The van der Waals surface area contributed by atoms with Crippen molar-refractivity contribution in [3.8, 4) is 0 Å². The summed E-state index contributed by atoms with van der Waals surface area (Å²) in [5.74, 6) is -1.73. The summed E-state index contributed by atoms with van der Waals surface area (Å²) in [5, 5.41) is 6.82. The summed E-state index contributed by atoms with van der Waals surface area (Å²) in [6.07, 6.45) is -1.02.